The molecule has 0 heterocycles. The summed E-state index contributed by atoms with van der Waals surface area (Å²) in [5.41, 5.74) is -0.111. The second kappa shape index (κ2) is 4.51. The fourth-order valence-electron chi connectivity index (χ4n) is 2.65. The molecule has 0 aromatic rings. The summed E-state index contributed by atoms with van der Waals surface area (Å²) >= 11 is 0. The Bertz CT molecular complexity index is 263. The Kier molecular flexibility index (Phi) is 3.75. The SMILES string of the molecule is CC=CCCCC1(C)CCC(C)(C)C1=O. The van der Waals surface area contributed by atoms with Crippen LogP contribution in [0.4, 0.5) is 0 Å². The van der Waals surface area contributed by atoms with Gasteiger partial charge in [-0.1, -0.05) is 32.9 Å². The first-order valence-corrected chi connectivity index (χ1v) is 6.08. The van der Waals surface area contributed by atoms with E-state index in [2.05, 4.69) is 32.9 Å². The van der Waals surface area contributed by atoms with E-state index in [0.29, 0.717) is 5.78 Å². The van der Waals surface area contributed by atoms with Crippen LogP contribution < -0.4 is 0 Å². The maximum atomic E-state index is 12.2. The predicted molar refractivity (Wildman–Crippen MR) is 64.8 cm³/mol. The molecule has 0 aromatic carbocycles. The lowest BCUT2D eigenvalue weighted by Gasteiger charge is -2.24. The summed E-state index contributed by atoms with van der Waals surface area (Å²) in [5.74, 6) is 0.482. The van der Waals surface area contributed by atoms with E-state index >= 15 is 0 Å². The van der Waals surface area contributed by atoms with E-state index in [1.165, 1.54) is 0 Å². The largest absolute Gasteiger partial charge is 0.298 e. The number of carbonyl (C=O) groups is 1. The Morgan fingerprint density at radius 2 is 1.93 bits per heavy atom. The zero-order valence-electron chi connectivity index (χ0n) is 10.6. The average Bonchev–Trinajstić information content (AvgIpc) is 2.39. The highest BCUT2D eigenvalue weighted by molar-refractivity contribution is 5.91. The molecule has 1 nitrogen and oxygen atoms in total. The van der Waals surface area contributed by atoms with E-state index in [1.54, 1.807) is 0 Å². The lowest BCUT2D eigenvalue weighted by molar-refractivity contribution is -0.132. The quantitative estimate of drug-likeness (QED) is 0.501. The lowest BCUT2D eigenvalue weighted by Crippen LogP contribution is -2.29. The van der Waals surface area contributed by atoms with Gasteiger partial charge in [-0.15, -0.1) is 0 Å². The molecule has 86 valence electrons. The second-order valence-electron chi connectivity index (χ2n) is 5.73. The average molecular weight is 208 g/mol. The van der Waals surface area contributed by atoms with Crippen molar-refractivity contribution in [3.8, 4) is 0 Å². The smallest absolute Gasteiger partial charge is 0.144 e. The van der Waals surface area contributed by atoms with E-state index in [-0.39, 0.29) is 10.8 Å². The van der Waals surface area contributed by atoms with Gasteiger partial charge in [-0.2, -0.15) is 0 Å². The Morgan fingerprint density at radius 1 is 1.27 bits per heavy atom. The van der Waals surface area contributed by atoms with Crippen LogP contribution in [0.2, 0.25) is 0 Å². The van der Waals surface area contributed by atoms with Gasteiger partial charge in [0.15, 0.2) is 0 Å². The van der Waals surface area contributed by atoms with Gasteiger partial charge < -0.3 is 0 Å². The van der Waals surface area contributed by atoms with E-state index in [9.17, 15) is 4.79 Å². The minimum Gasteiger partial charge on any atom is -0.298 e. The Balaban J connectivity index is 2.50. The van der Waals surface area contributed by atoms with Crippen molar-refractivity contribution in [3.63, 3.8) is 0 Å². The first kappa shape index (κ1) is 12.5. The highest BCUT2D eigenvalue weighted by Crippen LogP contribution is 2.48. The summed E-state index contributed by atoms with van der Waals surface area (Å²) in [6.45, 7) is 8.38. The summed E-state index contributed by atoms with van der Waals surface area (Å²) in [5, 5.41) is 0. The minimum absolute atomic E-state index is 0.0366. The van der Waals surface area contributed by atoms with Crippen molar-refractivity contribution in [3.05, 3.63) is 12.2 Å². The van der Waals surface area contributed by atoms with Crippen LogP contribution in [0.3, 0.4) is 0 Å². The maximum Gasteiger partial charge on any atom is 0.144 e. The minimum atomic E-state index is -0.0741. The molecule has 0 saturated heterocycles. The molecule has 15 heavy (non-hydrogen) atoms. The van der Waals surface area contributed by atoms with E-state index in [4.69, 9.17) is 0 Å². The monoisotopic (exact) mass is 208 g/mol. The molecule has 0 N–H and O–H groups in total. The Hall–Kier alpha value is -0.590. The van der Waals surface area contributed by atoms with Crippen molar-refractivity contribution >= 4 is 5.78 Å². The van der Waals surface area contributed by atoms with Gasteiger partial charge in [0.05, 0.1) is 0 Å². The number of allylic oxidation sites excluding steroid dienone is 2. The molecule has 0 aromatic heterocycles. The van der Waals surface area contributed by atoms with Crippen LogP contribution in [-0.4, -0.2) is 5.78 Å². The number of rotatable bonds is 4. The van der Waals surface area contributed by atoms with Gasteiger partial charge in [-0.05, 0) is 39.0 Å². The first-order valence-electron chi connectivity index (χ1n) is 6.08. The normalized spacial score (nSPS) is 30.3. The number of unbranched alkanes of at least 4 members (excludes halogenated alkanes) is 1. The van der Waals surface area contributed by atoms with Gasteiger partial charge in [0.1, 0.15) is 5.78 Å². The summed E-state index contributed by atoms with van der Waals surface area (Å²) in [6, 6.07) is 0. The Morgan fingerprint density at radius 3 is 2.40 bits per heavy atom. The molecule has 1 atom stereocenters. The maximum absolute atomic E-state index is 12.2. The summed E-state index contributed by atoms with van der Waals surface area (Å²) in [7, 11) is 0. The summed E-state index contributed by atoms with van der Waals surface area (Å²) < 4.78 is 0. The fourth-order valence-corrected chi connectivity index (χ4v) is 2.65. The number of hydrogen-bond acceptors (Lipinski definition) is 1. The van der Waals surface area contributed by atoms with Crippen molar-refractivity contribution in [2.75, 3.05) is 0 Å². The van der Waals surface area contributed by atoms with E-state index in [0.717, 1.165) is 32.1 Å². The molecule has 0 aliphatic heterocycles. The molecule has 0 bridgehead atoms. The van der Waals surface area contributed by atoms with E-state index in [1.807, 2.05) is 6.92 Å². The third-order valence-electron chi connectivity index (χ3n) is 3.80. The molecule has 1 unspecified atom stereocenters. The van der Waals surface area contributed by atoms with Crippen LogP contribution in [0.25, 0.3) is 0 Å². The molecular weight excluding hydrogens is 184 g/mol. The van der Waals surface area contributed by atoms with E-state index < -0.39 is 0 Å². The molecule has 1 saturated carbocycles. The van der Waals surface area contributed by atoms with Crippen LogP contribution in [-0.2, 0) is 4.79 Å². The standard InChI is InChI=1S/C14H24O/c1-5-6-7-8-9-14(4)11-10-13(2,3)12(14)15/h5-6H,7-11H2,1-4H3. The molecule has 1 fully saturated rings. The second-order valence-corrected chi connectivity index (χ2v) is 5.73. The fraction of sp³-hybridized carbons (Fsp3) is 0.786. The number of hydrogen-bond donors (Lipinski definition) is 0. The van der Waals surface area contributed by atoms with Crippen molar-refractivity contribution in [2.24, 2.45) is 10.8 Å². The molecule has 1 aliphatic carbocycles. The summed E-state index contributed by atoms with van der Waals surface area (Å²) in [4.78, 5) is 12.2. The van der Waals surface area contributed by atoms with Gasteiger partial charge in [-0.25, -0.2) is 0 Å². The lowest BCUT2D eigenvalue weighted by atomic mass is 9.78. The highest BCUT2D eigenvalue weighted by Gasteiger charge is 2.47. The van der Waals surface area contributed by atoms with Crippen molar-refractivity contribution in [2.45, 2.75) is 59.8 Å². The molecule has 0 spiro atoms. The van der Waals surface area contributed by atoms with Crippen LogP contribution in [0.15, 0.2) is 12.2 Å². The molecule has 1 heteroatoms. The van der Waals surface area contributed by atoms with Gasteiger partial charge in [0, 0.05) is 10.8 Å². The molecule has 0 amide bonds. The highest BCUT2D eigenvalue weighted by atomic mass is 16.1. The van der Waals surface area contributed by atoms with Gasteiger partial charge >= 0.3 is 0 Å². The van der Waals surface area contributed by atoms with Crippen LogP contribution >= 0.6 is 0 Å². The number of ketones is 1. The zero-order valence-corrected chi connectivity index (χ0v) is 10.6. The van der Waals surface area contributed by atoms with Crippen LogP contribution in [0, 0.1) is 10.8 Å². The summed E-state index contributed by atoms with van der Waals surface area (Å²) in [6.07, 6.45) is 9.72. The number of Topliss-reactive ketones (excluding diaryl/α,β-unsaturated/α-hetero) is 1. The Labute approximate surface area is 93.9 Å². The van der Waals surface area contributed by atoms with Gasteiger partial charge in [0.2, 0.25) is 0 Å². The van der Waals surface area contributed by atoms with Crippen molar-refractivity contribution < 1.29 is 4.79 Å². The van der Waals surface area contributed by atoms with Crippen LogP contribution in [0.1, 0.15) is 59.8 Å². The van der Waals surface area contributed by atoms with Crippen molar-refractivity contribution in [1.82, 2.24) is 0 Å². The first-order chi connectivity index (χ1) is 6.92. The van der Waals surface area contributed by atoms with Crippen LogP contribution in [0.5, 0.6) is 0 Å². The molecular formula is C14H24O. The number of carbonyl (C=O) groups excluding carboxylic acids is 1. The third kappa shape index (κ3) is 2.70. The third-order valence-corrected chi connectivity index (χ3v) is 3.80. The van der Waals surface area contributed by atoms with Gasteiger partial charge in [-0.3, -0.25) is 4.79 Å². The molecule has 1 rings (SSSR count). The van der Waals surface area contributed by atoms with Crippen molar-refractivity contribution in [1.29, 1.82) is 0 Å². The molecule has 1 aliphatic rings. The molecule has 0 radical (unpaired) electrons. The van der Waals surface area contributed by atoms with Gasteiger partial charge in [0.25, 0.3) is 0 Å². The topological polar surface area (TPSA) is 17.1 Å². The zero-order chi connectivity index (χ0) is 11.5. The predicted octanol–water partition coefficient (Wildman–Crippen LogP) is 4.13.